The zero-order valence-corrected chi connectivity index (χ0v) is 14.7. The van der Waals surface area contributed by atoms with Gasteiger partial charge < -0.3 is 9.84 Å². The average Bonchev–Trinajstić information content (AvgIpc) is 2.55. The van der Waals surface area contributed by atoms with Crippen molar-refractivity contribution in [1.29, 1.82) is 0 Å². The maximum atomic E-state index is 12.6. The van der Waals surface area contributed by atoms with E-state index in [1.165, 1.54) is 19.3 Å². The maximum Gasteiger partial charge on any atom is 0.316 e. The third-order valence-corrected chi connectivity index (χ3v) is 5.54. The molecule has 2 bridgehead atoms. The molecule has 0 spiro atoms. The number of fused-ring (bicyclic) bond motifs is 2. The molecule has 1 unspecified atom stereocenters. The van der Waals surface area contributed by atoms with Crippen LogP contribution in [0.2, 0.25) is 0 Å². The Balaban J connectivity index is 1.65. The minimum Gasteiger partial charge on any atom is -0.462 e. The highest BCUT2D eigenvalue weighted by molar-refractivity contribution is 5.78. The number of ether oxygens (including phenoxy) is 1. The number of rotatable bonds is 5. The van der Waals surface area contributed by atoms with E-state index < -0.39 is 5.92 Å². The van der Waals surface area contributed by atoms with Gasteiger partial charge in [0.15, 0.2) is 0 Å². The lowest BCUT2D eigenvalue weighted by molar-refractivity contribution is -0.158. The number of hydrogen-bond donors (Lipinski definition) is 1. The molecule has 1 aromatic rings. The highest BCUT2D eigenvalue weighted by Gasteiger charge is 2.41. The molecule has 1 aromatic carbocycles. The summed E-state index contributed by atoms with van der Waals surface area (Å²) in [5.74, 6) is -0.862. The van der Waals surface area contributed by atoms with Gasteiger partial charge in [0.25, 0.3) is 0 Å². The summed E-state index contributed by atoms with van der Waals surface area (Å²) in [7, 11) is 0. The molecule has 0 radical (unpaired) electrons. The van der Waals surface area contributed by atoms with Crippen LogP contribution in [-0.2, 0) is 9.53 Å². The number of piperidine rings is 2. The predicted octanol–water partition coefficient (Wildman–Crippen LogP) is 3.10. The molecule has 132 valence electrons. The number of aliphatic hydroxyl groups excluding tert-OH is 1. The van der Waals surface area contributed by atoms with E-state index in [2.05, 4.69) is 18.7 Å². The number of carbonyl (C=O) groups is 1. The first-order valence-electron chi connectivity index (χ1n) is 9.24. The smallest absolute Gasteiger partial charge is 0.316 e. The molecule has 0 aromatic heterocycles. The Hall–Kier alpha value is -1.39. The fourth-order valence-corrected chi connectivity index (χ4v) is 4.55. The average molecular weight is 331 g/mol. The monoisotopic (exact) mass is 331 g/mol. The molecule has 24 heavy (non-hydrogen) atoms. The Kier molecular flexibility index (Phi) is 5.57. The molecule has 2 heterocycles. The number of carbonyl (C=O) groups excluding carboxylic acids is 1. The van der Waals surface area contributed by atoms with Gasteiger partial charge in [0, 0.05) is 31.0 Å². The first-order valence-corrected chi connectivity index (χ1v) is 9.24. The summed E-state index contributed by atoms with van der Waals surface area (Å²) in [5, 5.41) is 9.65. The van der Waals surface area contributed by atoms with Gasteiger partial charge in [0.1, 0.15) is 12.0 Å². The molecule has 0 saturated carbocycles. The van der Waals surface area contributed by atoms with Gasteiger partial charge in [-0.05, 0) is 32.3 Å². The van der Waals surface area contributed by atoms with Crippen molar-refractivity contribution in [1.82, 2.24) is 4.90 Å². The second kappa shape index (κ2) is 7.66. The quantitative estimate of drug-likeness (QED) is 0.842. The Bertz CT molecular complexity index is 531. The predicted molar refractivity (Wildman–Crippen MR) is 93.8 cm³/mol. The van der Waals surface area contributed by atoms with Crippen LogP contribution in [0.3, 0.4) is 0 Å². The van der Waals surface area contributed by atoms with Crippen molar-refractivity contribution in [3.05, 3.63) is 35.9 Å². The fraction of sp³-hybridized carbons (Fsp3) is 0.650. The molecule has 4 atom stereocenters. The zero-order chi connectivity index (χ0) is 17.1. The van der Waals surface area contributed by atoms with Crippen molar-refractivity contribution < 1.29 is 14.6 Å². The SMILES string of the molecule is CC(C)N1[C@@H]2CCC[C@H]1CC(OC(=O)[C@@H](CO)c1ccccc1)C2. The minimum atomic E-state index is -0.575. The van der Waals surface area contributed by atoms with E-state index in [0.717, 1.165) is 18.4 Å². The number of aliphatic hydroxyl groups is 1. The van der Waals surface area contributed by atoms with Gasteiger partial charge in [0.2, 0.25) is 0 Å². The molecule has 2 aliphatic rings. The summed E-state index contributed by atoms with van der Waals surface area (Å²) >= 11 is 0. The molecular formula is C20H29NO3. The van der Waals surface area contributed by atoms with E-state index in [1.54, 1.807) is 0 Å². The van der Waals surface area contributed by atoms with E-state index >= 15 is 0 Å². The molecule has 3 rings (SSSR count). The van der Waals surface area contributed by atoms with E-state index in [0.29, 0.717) is 18.1 Å². The van der Waals surface area contributed by atoms with Gasteiger partial charge in [-0.2, -0.15) is 0 Å². The number of hydrogen-bond acceptors (Lipinski definition) is 4. The molecule has 2 fully saturated rings. The lowest BCUT2D eigenvalue weighted by Gasteiger charge is -2.50. The van der Waals surface area contributed by atoms with Crippen LogP contribution in [0.5, 0.6) is 0 Å². The Morgan fingerprint density at radius 1 is 1.21 bits per heavy atom. The molecule has 4 heteroatoms. The summed E-state index contributed by atoms with van der Waals surface area (Å²) in [6.07, 6.45) is 5.51. The molecule has 4 nitrogen and oxygen atoms in total. The largest absolute Gasteiger partial charge is 0.462 e. The summed E-state index contributed by atoms with van der Waals surface area (Å²) in [4.78, 5) is 15.2. The fourth-order valence-electron chi connectivity index (χ4n) is 4.55. The normalized spacial score (nSPS) is 28.6. The van der Waals surface area contributed by atoms with Gasteiger partial charge in [0.05, 0.1) is 6.61 Å². The van der Waals surface area contributed by atoms with Crippen molar-refractivity contribution in [2.75, 3.05) is 6.61 Å². The van der Waals surface area contributed by atoms with Gasteiger partial charge in [-0.3, -0.25) is 9.69 Å². The van der Waals surface area contributed by atoms with E-state index in [9.17, 15) is 9.90 Å². The van der Waals surface area contributed by atoms with Crippen molar-refractivity contribution in [3.8, 4) is 0 Å². The Labute approximate surface area is 144 Å². The van der Waals surface area contributed by atoms with Crippen molar-refractivity contribution in [3.63, 3.8) is 0 Å². The summed E-state index contributed by atoms with van der Waals surface area (Å²) < 4.78 is 5.84. The molecule has 0 amide bonds. The standard InChI is InChI=1S/C20H29NO3/c1-14(2)21-16-9-6-10-17(21)12-18(11-16)24-20(23)19(13-22)15-7-4-3-5-8-15/h3-5,7-8,14,16-19,22H,6,9-13H2,1-2H3/t16-,17+,18?,19-/m0/s1. The zero-order valence-electron chi connectivity index (χ0n) is 14.7. The highest BCUT2D eigenvalue weighted by Crippen LogP contribution is 2.37. The van der Waals surface area contributed by atoms with Gasteiger partial charge in [-0.15, -0.1) is 0 Å². The van der Waals surface area contributed by atoms with Crippen LogP contribution < -0.4 is 0 Å². The van der Waals surface area contributed by atoms with Crippen LogP contribution in [-0.4, -0.2) is 46.8 Å². The summed E-state index contributed by atoms with van der Waals surface area (Å²) in [6, 6.07) is 11.0. The van der Waals surface area contributed by atoms with Crippen LogP contribution in [0.1, 0.15) is 57.4 Å². The number of nitrogens with zero attached hydrogens (tertiary/aromatic N) is 1. The van der Waals surface area contributed by atoms with Crippen LogP contribution in [0.25, 0.3) is 0 Å². The van der Waals surface area contributed by atoms with Crippen LogP contribution in [0.15, 0.2) is 30.3 Å². The van der Waals surface area contributed by atoms with Crippen molar-refractivity contribution in [2.24, 2.45) is 0 Å². The maximum absolute atomic E-state index is 12.6. The molecule has 1 N–H and O–H groups in total. The number of esters is 1. The van der Waals surface area contributed by atoms with E-state index in [4.69, 9.17) is 4.74 Å². The van der Waals surface area contributed by atoms with Crippen molar-refractivity contribution in [2.45, 2.75) is 76.1 Å². The van der Waals surface area contributed by atoms with E-state index in [-0.39, 0.29) is 18.7 Å². The summed E-state index contributed by atoms with van der Waals surface area (Å²) in [6.45, 7) is 4.31. The molecule has 2 aliphatic heterocycles. The second-order valence-corrected chi connectivity index (χ2v) is 7.46. The minimum absolute atomic E-state index is 0.0134. The molecular weight excluding hydrogens is 302 g/mol. The third-order valence-electron chi connectivity index (χ3n) is 5.54. The topological polar surface area (TPSA) is 49.8 Å². The Morgan fingerprint density at radius 3 is 2.38 bits per heavy atom. The van der Waals surface area contributed by atoms with Gasteiger partial charge in [-0.1, -0.05) is 36.8 Å². The third kappa shape index (κ3) is 3.65. The molecule has 0 aliphatic carbocycles. The number of benzene rings is 1. The second-order valence-electron chi connectivity index (χ2n) is 7.46. The highest BCUT2D eigenvalue weighted by atomic mass is 16.5. The van der Waals surface area contributed by atoms with Crippen LogP contribution >= 0.6 is 0 Å². The van der Waals surface area contributed by atoms with Crippen molar-refractivity contribution >= 4 is 5.97 Å². The van der Waals surface area contributed by atoms with Crippen LogP contribution in [0, 0.1) is 0 Å². The van der Waals surface area contributed by atoms with Gasteiger partial charge >= 0.3 is 5.97 Å². The van der Waals surface area contributed by atoms with Crippen LogP contribution in [0.4, 0.5) is 0 Å². The first-order chi connectivity index (χ1) is 11.6. The van der Waals surface area contributed by atoms with Gasteiger partial charge in [-0.25, -0.2) is 0 Å². The Morgan fingerprint density at radius 2 is 1.83 bits per heavy atom. The lowest BCUT2D eigenvalue weighted by Crippen LogP contribution is -2.56. The first kappa shape index (κ1) is 17.4. The summed E-state index contributed by atoms with van der Waals surface area (Å²) in [5.41, 5.74) is 0.824. The molecule has 2 saturated heterocycles. The van der Waals surface area contributed by atoms with E-state index in [1.807, 2.05) is 30.3 Å². The lowest BCUT2D eigenvalue weighted by atomic mass is 9.82.